The van der Waals surface area contributed by atoms with Crippen molar-refractivity contribution in [2.75, 3.05) is 21.1 Å². The van der Waals surface area contributed by atoms with Gasteiger partial charge in [-0.2, -0.15) is 0 Å². The third-order valence-electron chi connectivity index (χ3n) is 2.33. The number of hydrogen-bond donors (Lipinski definition) is 1. The van der Waals surface area contributed by atoms with Gasteiger partial charge in [0.25, 0.3) is 5.56 Å². The van der Waals surface area contributed by atoms with Crippen molar-refractivity contribution in [3.8, 4) is 0 Å². The van der Waals surface area contributed by atoms with Crippen LogP contribution in [0.5, 0.6) is 0 Å². The third kappa shape index (κ3) is 2.96. The van der Waals surface area contributed by atoms with Crippen LogP contribution in [0.15, 0.2) is 28.0 Å². The molecule has 1 rings (SSSR count). The Kier molecular flexibility index (Phi) is 4.25. The number of amides is 1. The SMILES string of the molecule is CNC(=O)Cn1cc(S(=O)(=O)N(C)C)ccc1=O. The van der Waals surface area contributed by atoms with Crippen molar-refractivity contribution >= 4 is 15.9 Å². The van der Waals surface area contributed by atoms with Crippen LogP contribution in [0.2, 0.25) is 0 Å². The van der Waals surface area contributed by atoms with Crippen LogP contribution in [-0.2, 0) is 21.4 Å². The molecule has 1 heterocycles. The van der Waals surface area contributed by atoms with Gasteiger partial charge in [0.2, 0.25) is 15.9 Å². The number of nitrogens with one attached hydrogen (secondary N) is 1. The van der Waals surface area contributed by atoms with Gasteiger partial charge in [0.15, 0.2) is 0 Å². The lowest BCUT2D eigenvalue weighted by Crippen LogP contribution is -2.31. The van der Waals surface area contributed by atoms with Crippen LogP contribution in [0.25, 0.3) is 0 Å². The van der Waals surface area contributed by atoms with Crippen molar-refractivity contribution in [2.24, 2.45) is 0 Å². The molecule has 0 atom stereocenters. The van der Waals surface area contributed by atoms with Crippen molar-refractivity contribution in [2.45, 2.75) is 11.4 Å². The summed E-state index contributed by atoms with van der Waals surface area (Å²) in [6, 6.07) is 2.34. The number of likely N-dealkylation sites (N-methyl/N-ethyl adjacent to an activating group) is 1. The van der Waals surface area contributed by atoms with Gasteiger partial charge in [0.1, 0.15) is 6.54 Å². The summed E-state index contributed by atoms with van der Waals surface area (Å²) >= 11 is 0. The van der Waals surface area contributed by atoms with E-state index in [1.165, 1.54) is 27.2 Å². The van der Waals surface area contributed by atoms with Gasteiger partial charge in [-0.1, -0.05) is 0 Å². The Morgan fingerprint density at radius 3 is 2.50 bits per heavy atom. The van der Waals surface area contributed by atoms with Crippen LogP contribution in [0.1, 0.15) is 0 Å². The molecule has 0 bridgehead atoms. The zero-order valence-electron chi connectivity index (χ0n) is 10.4. The second-order valence-electron chi connectivity index (χ2n) is 3.79. The highest BCUT2D eigenvalue weighted by atomic mass is 32.2. The number of pyridine rings is 1. The summed E-state index contributed by atoms with van der Waals surface area (Å²) in [6.45, 7) is -0.216. The van der Waals surface area contributed by atoms with Crippen molar-refractivity contribution in [1.82, 2.24) is 14.2 Å². The van der Waals surface area contributed by atoms with Crippen LogP contribution in [0, 0.1) is 0 Å². The Morgan fingerprint density at radius 1 is 1.39 bits per heavy atom. The van der Waals surface area contributed by atoms with Crippen molar-refractivity contribution in [3.05, 3.63) is 28.7 Å². The lowest BCUT2D eigenvalue weighted by molar-refractivity contribution is -0.121. The first-order valence-corrected chi connectivity index (χ1v) is 6.56. The van der Waals surface area contributed by atoms with Crippen LogP contribution < -0.4 is 10.9 Å². The highest BCUT2D eigenvalue weighted by molar-refractivity contribution is 7.89. The highest BCUT2D eigenvalue weighted by Crippen LogP contribution is 2.10. The second kappa shape index (κ2) is 5.32. The minimum Gasteiger partial charge on any atom is -0.358 e. The van der Waals surface area contributed by atoms with E-state index in [2.05, 4.69) is 5.32 Å². The number of carbonyl (C=O) groups excluding carboxylic acids is 1. The first kappa shape index (κ1) is 14.4. The Balaban J connectivity index is 3.25. The molecule has 1 N–H and O–H groups in total. The summed E-state index contributed by atoms with van der Waals surface area (Å²) in [5.74, 6) is -0.378. The summed E-state index contributed by atoms with van der Waals surface area (Å²) < 4.78 is 25.8. The number of rotatable bonds is 4. The maximum Gasteiger partial charge on any atom is 0.251 e. The van der Waals surface area contributed by atoms with Crippen molar-refractivity contribution in [3.63, 3.8) is 0 Å². The predicted octanol–water partition coefficient (Wildman–Crippen LogP) is -1.16. The van der Waals surface area contributed by atoms with Gasteiger partial charge >= 0.3 is 0 Å². The smallest absolute Gasteiger partial charge is 0.251 e. The zero-order valence-corrected chi connectivity index (χ0v) is 11.2. The van der Waals surface area contributed by atoms with Crippen LogP contribution in [0.3, 0.4) is 0 Å². The molecule has 0 radical (unpaired) electrons. The van der Waals surface area contributed by atoms with E-state index in [9.17, 15) is 18.0 Å². The molecule has 0 unspecified atom stereocenters. The predicted molar refractivity (Wildman–Crippen MR) is 65.6 cm³/mol. The molecular weight excluding hydrogens is 258 g/mol. The highest BCUT2D eigenvalue weighted by Gasteiger charge is 2.18. The molecule has 1 amide bonds. The normalized spacial score (nSPS) is 11.6. The van der Waals surface area contributed by atoms with Gasteiger partial charge in [0, 0.05) is 33.4 Å². The summed E-state index contributed by atoms with van der Waals surface area (Å²) in [4.78, 5) is 22.7. The zero-order chi connectivity index (χ0) is 13.9. The first-order valence-electron chi connectivity index (χ1n) is 5.12. The molecule has 8 heteroatoms. The average molecular weight is 273 g/mol. The minimum absolute atomic E-state index is 0.0315. The summed E-state index contributed by atoms with van der Waals surface area (Å²) in [7, 11) is 0.606. The van der Waals surface area contributed by atoms with E-state index in [1.807, 2.05) is 0 Å². The second-order valence-corrected chi connectivity index (χ2v) is 5.94. The monoisotopic (exact) mass is 273 g/mol. The number of carbonyl (C=O) groups is 1. The van der Waals surface area contributed by atoms with Gasteiger partial charge < -0.3 is 9.88 Å². The molecule has 0 spiro atoms. The number of sulfonamides is 1. The molecule has 1 aromatic rings. The fourth-order valence-electron chi connectivity index (χ4n) is 1.23. The number of hydrogen-bond acceptors (Lipinski definition) is 4. The van der Waals surface area contributed by atoms with Crippen LogP contribution in [0.4, 0.5) is 0 Å². The van der Waals surface area contributed by atoms with Crippen molar-refractivity contribution < 1.29 is 13.2 Å². The number of aromatic nitrogens is 1. The minimum atomic E-state index is -3.62. The quantitative estimate of drug-likeness (QED) is 0.750. The van der Waals surface area contributed by atoms with Gasteiger partial charge in [-0.05, 0) is 6.07 Å². The standard InChI is InChI=1S/C10H15N3O4S/c1-11-9(14)7-13-6-8(4-5-10(13)15)18(16,17)12(2)3/h4-6H,7H2,1-3H3,(H,11,14). The molecule has 1 aromatic heterocycles. The molecule has 100 valence electrons. The van der Waals surface area contributed by atoms with Crippen LogP contribution in [-0.4, -0.2) is 44.3 Å². The van der Waals surface area contributed by atoms with E-state index in [0.717, 1.165) is 21.1 Å². The Morgan fingerprint density at radius 2 is 2.00 bits per heavy atom. The summed E-state index contributed by atoms with van der Waals surface area (Å²) in [5, 5.41) is 2.36. The van der Waals surface area contributed by atoms with E-state index < -0.39 is 15.6 Å². The molecular formula is C10H15N3O4S. The van der Waals surface area contributed by atoms with E-state index in [1.54, 1.807) is 0 Å². The van der Waals surface area contributed by atoms with Gasteiger partial charge in [-0.3, -0.25) is 9.59 Å². The molecule has 0 aliphatic rings. The van der Waals surface area contributed by atoms with E-state index in [4.69, 9.17) is 0 Å². The van der Waals surface area contributed by atoms with Crippen LogP contribution >= 0.6 is 0 Å². The molecule has 0 aliphatic carbocycles. The molecule has 0 fully saturated rings. The largest absolute Gasteiger partial charge is 0.358 e. The molecule has 0 saturated heterocycles. The van der Waals surface area contributed by atoms with E-state index in [0.29, 0.717) is 0 Å². The van der Waals surface area contributed by atoms with Gasteiger partial charge in [0.05, 0.1) is 4.90 Å². The first-order chi connectivity index (χ1) is 8.28. The molecule has 7 nitrogen and oxygen atoms in total. The molecule has 0 aliphatic heterocycles. The molecule has 0 saturated carbocycles. The fraction of sp³-hybridized carbons (Fsp3) is 0.400. The van der Waals surface area contributed by atoms with Gasteiger partial charge in [-0.15, -0.1) is 0 Å². The van der Waals surface area contributed by atoms with E-state index >= 15 is 0 Å². The molecule has 0 aromatic carbocycles. The molecule has 18 heavy (non-hydrogen) atoms. The fourth-order valence-corrected chi connectivity index (χ4v) is 2.15. The Hall–Kier alpha value is -1.67. The summed E-state index contributed by atoms with van der Waals surface area (Å²) in [6.07, 6.45) is 1.16. The maximum absolute atomic E-state index is 11.9. The maximum atomic E-state index is 11.9. The van der Waals surface area contributed by atoms with Gasteiger partial charge in [-0.25, -0.2) is 12.7 Å². The third-order valence-corrected chi connectivity index (χ3v) is 4.13. The lowest BCUT2D eigenvalue weighted by atomic mass is 10.4. The Bertz CT molecular complexity index is 604. The number of nitrogens with zero attached hydrogens (tertiary/aromatic N) is 2. The van der Waals surface area contributed by atoms with E-state index in [-0.39, 0.29) is 17.3 Å². The topological polar surface area (TPSA) is 88.5 Å². The lowest BCUT2D eigenvalue weighted by Gasteiger charge is -2.12. The Labute approximate surface area is 105 Å². The average Bonchev–Trinajstić information content (AvgIpc) is 2.31. The van der Waals surface area contributed by atoms with Crippen molar-refractivity contribution in [1.29, 1.82) is 0 Å². The summed E-state index contributed by atoms with van der Waals surface area (Å²) in [5.41, 5.74) is -0.434.